The maximum atomic E-state index is 10.6. The summed E-state index contributed by atoms with van der Waals surface area (Å²) in [4.78, 5) is 19.8. The van der Waals surface area contributed by atoms with Crippen LogP contribution in [0.5, 0.6) is 0 Å². The predicted octanol–water partition coefficient (Wildman–Crippen LogP) is 4.60. The van der Waals surface area contributed by atoms with Gasteiger partial charge in [0.2, 0.25) is 0 Å². The quantitative estimate of drug-likeness (QED) is 0.454. The first-order valence-electron chi connectivity index (χ1n) is 7.07. The Hall–Kier alpha value is -2.10. The highest BCUT2D eigenvalue weighted by Gasteiger charge is 2.22. The molecule has 22 heavy (non-hydrogen) atoms. The number of rotatable bonds is 3. The molecule has 0 radical (unpaired) electrons. The van der Waals surface area contributed by atoms with Crippen molar-refractivity contribution >= 4 is 11.9 Å². The minimum atomic E-state index is -0.981. The number of carboxylic acid groups (broad SMARTS) is 2. The van der Waals surface area contributed by atoms with E-state index in [0.717, 1.165) is 36.5 Å². The second kappa shape index (κ2) is 11.5. The SMILES string of the molecule is C=C(C)C(=C)C.C=CC(=O)O.CC1=C(C)CC(C(=O)O)CC1. The van der Waals surface area contributed by atoms with Crippen LogP contribution in [-0.4, -0.2) is 22.2 Å². The van der Waals surface area contributed by atoms with Crippen LogP contribution in [0.3, 0.4) is 0 Å². The van der Waals surface area contributed by atoms with Crippen LogP contribution in [0.4, 0.5) is 0 Å². The molecule has 124 valence electrons. The topological polar surface area (TPSA) is 74.6 Å². The fraction of sp³-hybridized carbons (Fsp3) is 0.444. The van der Waals surface area contributed by atoms with Gasteiger partial charge in [-0.1, -0.05) is 42.0 Å². The average Bonchev–Trinajstić information content (AvgIpc) is 2.42. The minimum absolute atomic E-state index is 0.126. The second-order valence-electron chi connectivity index (χ2n) is 5.44. The highest BCUT2D eigenvalue weighted by Crippen LogP contribution is 2.28. The summed E-state index contributed by atoms with van der Waals surface area (Å²) in [7, 11) is 0. The van der Waals surface area contributed by atoms with E-state index in [2.05, 4.69) is 26.7 Å². The van der Waals surface area contributed by atoms with E-state index in [1.54, 1.807) is 0 Å². The maximum Gasteiger partial charge on any atom is 0.327 e. The lowest BCUT2D eigenvalue weighted by Gasteiger charge is -2.20. The zero-order valence-corrected chi connectivity index (χ0v) is 14.1. The highest BCUT2D eigenvalue weighted by atomic mass is 16.4. The molecule has 0 saturated heterocycles. The largest absolute Gasteiger partial charge is 0.481 e. The number of hydrogen-bond acceptors (Lipinski definition) is 2. The monoisotopic (exact) mass is 308 g/mol. The molecule has 0 heterocycles. The van der Waals surface area contributed by atoms with Crippen LogP contribution in [0.2, 0.25) is 0 Å². The standard InChI is InChI=1S/C9H14O2.C6H10.C3H4O2/c1-6-3-4-8(9(10)11)5-7(6)2;1-5(2)6(3)4;1-2-3(4)5/h8H,3-5H2,1-2H3,(H,10,11);1,3H2,2,4H3;2H,1H2,(H,4,5). The molecular weight excluding hydrogens is 280 g/mol. The van der Waals surface area contributed by atoms with Gasteiger partial charge in [0.15, 0.2) is 0 Å². The van der Waals surface area contributed by atoms with Crippen LogP contribution < -0.4 is 0 Å². The van der Waals surface area contributed by atoms with Crippen molar-refractivity contribution in [2.75, 3.05) is 0 Å². The van der Waals surface area contributed by atoms with E-state index < -0.39 is 11.9 Å². The summed E-state index contributed by atoms with van der Waals surface area (Å²) < 4.78 is 0. The molecule has 1 unspecified atom stereocenters. The second-order valence-corrected chi connectivity index (χ2v) is 5.44. The molecule has 0 aromatic heterocycles. The van der Waals surface area contributed by atoms with Gasteiger partial charge in [-0.3, -0.25) is 4.79 Å². The first-order valence-corrected chi connectivity index (χ1v) is 7.07. The molecule has 4 nitrogen and oxygen atoms in total. The Morgan fingerprint density at radius 3 is 1.73 bits per heavy atom. The first-order chi connectivity index (χ1) is 10.0. The number of carboxylic acids is 2. The van der Waals surface area contributed by atoms with Gasteiger partial charge in [-0.25, -0.2) is 4.79 Å². The summed E-state index contributed by atoms with van der Waals surface area (Å²) in [5.74, 6) is -1.75. The van der Waals surface area contributed by atoms with Gasteiger partial charge >= 0.3 is 11.9 Å². The van der Waals surface area contributed by atoms with E-state index in [-0.39, 0.29) is 5.92 Å². The molecular formula is C18H28O4. The number of carbonyl (C=O) groups is 2. The maximum absolute atomic E-state index is 10.6. The van der Waals surface area contributed by atoms with Crippen LogP contribution in [0.15, 0.2) is 48.1 Å². The van der Waals surface area contributed by atoms with E-state index in [1.807, 2.05) is 20.8 Å². The third-order valence-electron chi connectivity index (χ3n) is 3.40. The Kier molecular flexibility index (Phi) is 11.6. The van der Waals surface area contributed by atoms with Gasteiger partial charge in [0.05, 0.1) is 5.92 Å². The molecule has 4 heteroatoms. The smallest absolute Gasteiger partial charge is 0.327 e. The third-order valence-corrected chi connectivity index (χ3v) is 3.40. The molecule has 1 rings (SSSR count). The van der Waals surface area contributed by atoms with Crippen molar-refractivity contribution in [3.8, 4) is 0 Å². The molecule has 0 spiro atoms. The Morgan fingerprint density at radius 2 is 1.50 bits per heavy atom. The van der Waals surface area contributed by atoms with Gasteiger partial charge in [-0.2, -0.15) is 0 Å². The van der Waals surface area contributed by atoms with E-state index in [4.69, 9.17) is 10.2 Å². The number of hydrogen-bond donors (Lipinski definition) is 2. The Bertz CT molecular complexity index is 457. The summed E-state index contributed by atoms with van der Waals surface area (Å²) in [5.41, 5.74) is 4.77. The lowest BCUT2D eigenvalue weighted by molar-refractivity contribution is -0.142. The molecule has 0 aliphatic heterocycles. The Balaban J connectivity index is 0. The zero-order valence-electron chi connectivity index (χ0n) is 14.1. The molecule has 1 atom stereocenters. The summed E-state index contributed by atoms with van der Waals surface area (Å²) in [6.07, 6.45) is 3.36. The van der Waals surface area contributed by atoms with Crippen molar-refractivity contribution in [2.45, 2.75) is 47.0 Å². The molecule has 2 N–H and O–H groups in total. The zero-order chi connectivity index (χ0) is 17.9. The predicted molar refractivity (Wildman–Crippen MR) is 90.8 cm³/mol. The molecule has 0 fully saturated rings. The summed E-state index contributed by atoms with van der Waals surface area (Å²) in [6.45, 7) is 18.3. The number of aliphatic carboxylic acids is 2. The van der Waals surface area contributed by atoms with Crippen LogP contribution in [0.1, 0.15) is 47.0 Å². The average molecular weight is 308 g/mol. The molecule has 0 bridgehead atoms. The van der Waals surface area contributed by atoms with Crippen molar-refractivity contribution in [2.24, 2.45) is 5.92 Å². The third kappa shape index (κ3) is 11.7. The Labute approximate surface area is 133 Å². The first kappa shape index (κ1) is 22.2. The van der Waals surface area contributed by atoms with Crippen LogP contribution >= 0.6 is 0 Å². The highest BCUT2D eigenvalue weighted by molar-refractivity contribution is 5.78. The lowest BCUT2D eigenvalue weighted by atomic mass is 9.85. The van der Waals surface area contributed by atoms with Gasteiger partial charge in [0, 0.05) is 6.08 Å². The van der Waals surface area contributed by atoms with E-state index in [1.165, 1.54) is 11.1 Å². The molecule has 1 aliphatic carbocycles. The van der Waals surface area contributed by atoms with Gasteiger partial charge in [-0.15, -0.1) is 0 Å². The molecule has 0 aromatic rings. The number of allylic oxidation sites excluding steroid dienone is 4. The van der Waals surface area contributed by atoms with E-state index in [0.29, 0.717) is 0 Å². The van der Waals surface area contributed by atoms with Crippen molar-refractivity contribution < 1.29 is 19.8 Å². The van der Waals surface area contributed by atoms with Gasteiger partial charge in [0.25, 0.3) is 0 Å². The lowest BCUT2D eigenvalue weighted by Crippen LogP contribution is -2.17. The van der Waals surface area contributed by atoms with Crippen molar-refractivity contribution in [3.05, 3.63) is 48.1 Å². The molecule has 1 aliphatic rings. The van der Waals surface area contributed by atoms with Crippen molar-refractivity contribution in [1.82, 2.24) is 0 Å². The molecule has 0 amide bonds. The summed E-state index contributed by atoms with van der Waals surface area (Å²) >= 11 is 0. The van der Waals surface area contributed by atoms with Crippen molar-refractivity contribution in [1.29, 1.82) is 0 Å². The summed E-state index contributed by atoms with van der Waals surface area (Å²) in [6, 6.07) is 0. The minimum Gasteiger partial charge on any atom is -0.481 e. The normalized spacial score (nSPS) is 16.3. The Morgan fingerprint density at radius 1 is 1.09 bits per heavy atom. The van der Waals surface area contributed by atoms with Crippen LogP contribution in [0.25, 0.3) is 0 Å². The van der Waals surface area contributed by atoms with Gasteiger partial charge in [-0.05, 0) is 47.0 Å². The summed E-state index contributed by atoms with van der Waals surface area (Å²) in [5, 5.41) is 16.3. The van der Waals surface area contributed by atoms with E-state index >= 15 is 0 Å². The fourth-order valence-corrected chi connectivity index (χ4v) is 1.46. The fourth-order valence-electron chi connectivity index (χ4n) is 1.46. The molecule has 0 saturated carbocycles. The van der Waals surface area contributed by atoms with Gasteiger partial charge < -0.3 is 10.2 Å². The van der Waals surface area contributed by atoms with E-state index in [9.17, 15) is 9.59 Å². The molecule has 0 aromatic carbocycles. The van der Waals surface area contributed by atoms with Gasteiger partial charge in [0.1, 0.15) is 0 Å². The van der Waals surface area contributed by atoms with Crippen LogP contribution in [0, 0.1) is 5.92 Å². The van der Waals surface area contributed by atoms with Crippen LogP contribution in [-0.2, 0) is 9.59 Å². The van der Waals surface area contributed by atoms with Crippen molar-refractivity contribution in [3.63, 3.8) is 0 Å².